The maximum atomic E-state index is 2.55. The lowest BCUT2D eigenvalue weighted by Gasteiger charge is -2.40. The van der Waals surface area contributed by atoms with Crippen LogP contribution in [0.4, 0.5) is 17.1 Å². The summed E-state index contributed by atoms with van der Waals surface area (Å²) in [6.07, 6.45) is 0. The summed E-state index contributed by atoms with van der Waals surface area (Å²) < 4.78 is 4.98. The van der Waals surface area contributed by atoms with Gasteiger partial charge in [-0.2, -0.15) is 0 Å². The van der Waals surface area contributed by atoms with Crippen LogP contribution in [-0.2, 0) is 0 Å². The fourth-order valence-electron chi connectivity index (χ4n) is 8.52. The van der Waals surface area contributed by atoms with Gasteiger partial charge in [-0.25, -0.2) is 0 Å². The third kappa shape index (κ3) is 2.99. The first-order valence-electron chi connectivity index (χ1n) is 16.0. The predicted octanol–water partition coefficient (Wildman–Crippen LogP) is 8.49. The molecule has 3 nitrogen and oxygen atoms in total. The topological polar surface area (TPSA) is 13.1 Å². The van der Waals surface area contributed by atoms with E-state index in [2.05, 4.69) is 172 Å². The van der Waals surface area contributed by atoms with Crippen LogP contribution in [0.2, 0.25) is 0 Å². The Kier molecular flexibility index (Phi) is 4.66. The molecule has 0 amide bonds. The van der Waals surface area contributed by atoms with Gasteiger partial charge in [-0.3, -0.25) is 0 Å². The Morgan fingerprint density at radius 2 is 0.978 bits per heavy atom. The zero-order chi connectivity index (χ0) is 29.9. The lowest BCUT2D eigenvalue weighted by Crippen LogP contribution is -2.60. The highest BCUT2D eigenvalue weighted by molar-refractivity contribution is 7.00. The largest absolute Gasteiger partial charge is 0.311 e. The molecule has 46 heavy (non-hydrogen) atoms. The lowest BCUT2D eigenvalue weighted by molar-refractivity contribution is 1.16. The summed E-state index contributed by atoms with van der Waals surface area (Å²) in [7, 11) is 0. The number of para-hydroxylation sites is 5. The van der Waals surface area contributed by atoms with Crippen LogP contribution in [0, 0.1) is 0 Å². The fraction of sp³-hybridized carbons (Fsp3) is 0. The molecular weight excluding hydrogens is 557 g/mol. The summed E-state index contributed by atoms with van der Waals surface area (Å²) >= 11 is 0. The molecule has 9 aromatic rings. The molecule has 4 heterocycles. The first-order valence-corrected chi connectivity index (χ1v) is 16.0. The molecule has 4 heteroatoms. The molecule has 0 spiro atoms. The highest BCUT2D eigenvalue weighted by Gasteiger charge is 2.41. The van der Waals surface area contributed by atoms with Crippen molar-refractivity contribution < 1.29 is 0 Å². The van der Waals surface area contributed by atoms with Crippen molar-refractivity contribution in [3.63, 3.8) is 0 Å². The van der Waals surface area contributed by atoms with Gasteiger partial charge in [0, 0.05) is 55.5 Å². The number of benzene rings is 7. The molecule has 11 rings (SSSR count). The molecule has 0 aliphatic carbocycles. The number of rotatable bonds is 2. The van der Waals surface area contributed by atoms with Crippen molar-refractivity contribution >= 4 is 83.8 Å². The minimum Gasteiger partial charge on any atom is -0.311 e. The second-order valence-corrected chi connectivity index (χ2v) is 12.5. The molecule has 212 valence electrons. The average Bonchev–Trinajstić information content (AvgIpc) is 3.62. The van der Waals surface area contributed by atoms with E-state index in [0.29, 0.717) is 0 Å². The number of hydrogen-bond acceptors (Lipinski definition) is 1. The summed E-state index contributed by atoms with van der Waals surface area (Å²) in [6, 6.07) is 58.0. The van der Waals surface area contributed by atoms with Crippen LogP contribution in [-0.4, -0.2) is 15.8 Å². The van der Waals surface area contributed by atoms with Crippen molar-refractivity contribution in [1.29, 1.82) is 0 Å². The van der Waals surface area contributed by atoms with Gasteiger partial charge in [0.25, 0.3) is 6.71 Å². The maximum Gasteiger partial charge on any atom is 0.252 e. The normalized spacial score (nSPS) is 13.1. The van der Waals surface area contributed by atoms with Crippen LogP contribution in [0.25, 0.3) is 55.0 Å². The molecule has 0 radical (unpaired) electrons. The Labute approximate surface area is 266 Å². The minimum atomic E-state index is 0.149. The number of fused-ring (bicyclic) bond motifs is 10. The van der Waals surface area contributed by atoms with E-state index < -0.39 is 0 Å². The highest BCUT2D eigenvalue weighted by atomic mass is 15.2. The predicted molar refractivity (Wildman–Crippen MR) is 194 cm³/mol. The first kappa shape index (κ1) is 24.3. The van der Waals surface area contributed by atoms with Crippen LogP contribution in [0.3, 0.4) is 0 Å². The van der Waals surface area contributed by atoms with Crippen LogP contribution in [0.15, 0.2) is 158 Å². The number of hydrogen-bond donors (Lipinski definition) is 0. The Morgan fingerprint density at radius 3 is 1.85 bits per heavy atom. The Balaban J connectivity index is 1.30. The van der Waals surface area contributed by atoms with Gasteiger partial charge in [0.2, 0.25) is 0 Å². The molecule has 0 N–H and O–H groups in total. The summed E-state index contributed by atoms with van der Waals surface area (Å²) in [5.41, 5.74) is 15.2. The first-order chi connectivity index (χ1) is 22.9. The SMILES string of the molecule is c1ccc(N2c3ccccc3B3c4c2cccc4-n2c4cc5c(cc4c4cccc3c42)c2ccccc2n5-c2ccccc2)cc1. The summed E-state index contributed by atoms with van der Waals surface area (Å²) in [5, 5.41) is 5.17. The van der Waals surface area contributed by atoms with Crippen LogP contribution in [0.1, 0.15) is 0 Å². The van der Waals surface area contributed by atoms with E-state index in [1.54, 1.807) is 0 Å². The van der Waals surface area contributed by atoms with E-state index in [1.165, 1.54) is 88.4 Å². The standard InChI is InChI=1S/C42H26BN3/c1-3-13-27(14-4-1)44-35-21-9-7-17-29(35)31-25-32-30-18-11-20-34-42(30)46(40(32)26-39(31)44)38-24-12-23-37-41(38)43(34)33-19-8-10-22-36(33)45(37)28-15-5-2-6-16-28/h1-26H. The minimum absolute atomic E-state index is 0.149. The zero-order valence-electron chi connectivity index (χ0n) is 24.9. The third-order valence-corrected chi connectivity index (χ3v) is 10.3. The van der Waals surface area contributed by atoms with Gasteiger partial charge < -0.3 is 14.0 Å². The molecule has 0 atom stereocenters. The average molecular weight is 584 g/mol. The number of aromatic nitrogens is 2. The zero-order valence-corrected chi connectivity index (χ0v) is 24.9. The quantitative estimate of drug-likeness (QED) is 0.186. The van der Waals surface area contributed by atoms with E-state index in [9.17, 15) is 0 Å². The van der Waals surface area contributed by atoms with Gasteiger partial charge in [0.05, 0.1) is 16.6 Å². The van der Waals surface area contributed by atoms with Crippen molar-refractivity contribution in [2.45, 2.75) is 0 Å². The second kappa shape index (κ2) is 8.80. The molecular formula is C42H26BN3. The monoisotopic (exact) mass is 583 g/mol. The third-order valence-electron chi connectivity index (χ3n) is 10.3. The Morgan fingerprint density at radius 1 is 0.370 bits per heavy atom. The van der Waals surface area contributed by atoms with Crippen molar-refractivity contribution in [3.05, 3.63) is 158 Å². The Bertz CT molecular complexity index is 2700. The molecule has 2 aliphatic rings. The maximum absolute atomic E-state index is 2.55. The molecule has 0 bridgehead atoms. The molecule has 2 aliphatic heterocycles. The summed E-state index contributed by atoms with van der Waals surface area (Å²) in [6.45, 7) is 0.149. The fourth-order valence-corrected chi connectivity index (χ4v) is 8.52. The Hall–Kier alpha value is -6.00. The summed E-state index contributed by atoms with van der Waals surface area (Å²) in [4.78, 5) is 2.45. The van der Waals surface area contributed by atoms with E-state index in [1.807, 2.05) is 0 Å². The van der Waals surface area contributed by atoms with Gasteiger partial charge in [0.1, 0.15) is 0 Å². The molecule has 0 fully saturated rings. The van der Waals surface area contributed by atoms with Gasteiger partial charge in [0.15, 0.2) is 0 Å². The van der Waals surface area contributed by atoms with Crippen molar-refractivity contribution in [2.24, 2.45) is 0 Å². The van der Waals surface area contributed by atoms with Crippen molar-refractivity contribution in [3.8, 4) is 11.4 Å². The van der Waals surface area contributed by atoms with Gasteiger partial charge in [-0.05, 0) is 77.1 Å². The summed E-state index contributed by atoms with van der Waals surface area (Å²) in [5.74, 6) is 0. The van der Waals surface area contributed by atoms with Gasteiger partial charge in [-0.1, -0.05) is 97.1 Å². The van der Waals surface area contributed by atoms with E-state index in [-0.39, 0.29) is 6.71 Å². The highest BCUT2D eigenvalue weighted by Crippen LogP contribution is 2.43. The van der Waals surface area contributed by atoms with Gasteiger partial charge >= 0.3 is 0 Å². The number of nitrogens with zero attached hydrogens (tertiary/aromatic N) is 3. The van der Waals surface area contributed by atoms with Crippen LogP contribution >= 0.6 is 0 Å². The molecule has 0 unspecified atom stereocenters. The molecule has 7 aromatic carbocycles. The molecule has 0 saturated carbocycles. The van der Waals surface area contributed by atoms with Crippen LogP contribution < -0.4 is 21.3 Å². The van der Waals surface area contributed by atoms with Gasteiger partial charge in [-0.15, -0.1) is 0 Å². The van der Waals surface area contributed by atoms with E-state index in [0.717, 1.165) is 0 Å². The number of anilines is 3. The molecule has 0 saturated heterocycles. The lowest BCUT2D eigenvalue weighted by atomic mass is 9.34. The van der Waals surface area contributed by atoms with E-state index in [4.69, 9.17) is 0 Å². The second-order valence-electron chi connectivity index (χ2n) is 12.5. The smallest absolute Gasteiger partial charge is 0.252 e. The molecule has 2 aromatic heterocycles. The van der Waals surface area contributed by atoms with E-state index >= 15 is 0 Å². The van der Waals surface area contributed by atoms with Crippen LogP contribution in [0.5, 0.6) is 0 Å². The van der Waals surface area contributed by atoms with Crippen molar-refractivity contribution in [1.82, 2.24) is 9.13 Å². The van der Waals surface area contributed by atoms with Crippen molar-refractivity contribution in [2.75, 3.05) is 4.90 Å².